The van der Waals surface area contributed by atoms with Gasteiger partial charge in [0, 0.05) is 13.1 Å². The van der Waals surface area contributed by atoms with Crippen molar-refractivity contribution >= 4 is 0 Å². The van der Waals surface area contributed by atoms with Crippen molar-refractivity contribution in [2.45, 2.75) is 33.4 Å². The maximum absolute atomic E-state index is 5.39. The zero-order valence-corrected chi connectivity index (χ0v) is 10.8. The van der Waals surface area contributed by atoms with Gasteiger partial charge >= 0.3 is 0 Å². The first-order valence-electron chi connectivity index (χ1n) is 6.03. The second-order valence-electron chi connectivity index (χ2n) is 4.09. The number of hydrogen-bond acceptors (Lipinski definition) is 4. The van der Waals surface area contributed by atoms with E-state index in [0.717, 1.165) is 37.5 Å². The summed E-state index contributed by atoms with van der Waals surface area (Å²) < 4.78 is 7.32. The first kappa shape index (κ1) is 13.9. The number of rotatable bonds is 9. The van der Waals surface area contributed by atoms with Crippen LogP contribution in [0, 0.1) is 0 Å². The Morgan fingerprint density at radius 2 is 2.41 bits per heavy atom. The number of aromatic nitrogens is 3. The molecule has 0 aliphatic heterocycles. The molecule has 5 nitrogen and oxygen atoms in total. The van der Waals surface area contributed by atoms with Crippen LogP contribution in [0.4, 0.5) is 0 Å². The topological polar surface area (TPSA) is 52.0 Å². The Morgan fingerprint density at radius 1 is 1.59 bits per heavy atom. The van der Waals surface area contributed by atoms with Crippen LogP contribution in [0.5, 0.6) is 0 Å². The number of aryl methyl sites for hydroxylation is 1. The lowest BCUT2D eigenvalue weighted by Crippen LogP contribution is -2.22. The number of ether oxygens (including phenoxy) is 1. The molecule has 5 heteroatoms. The summed E-state index contributed by atoms with van der Waals surface area (Å²) >= 11 is 0. The van der Waals surface area contributed by atoms with Crippen LogP contribution >= 0.6 is 0 Å². The Hall–Kier alpha value is -1.20. The monoisotopic (exact) mass is 238 g/mol. The largest absolute Gasteiger partial charge is 0.376 e. The fourth-order valence-electron chi connectivity index (χ4n) is 1.41. The molecule has 0 saturated carbocycles. The Balaban J connectivity index is 2.13. The van der Waals surface area contributed by atoms with Crippen LogP contribution in [0.25, 0.3) is 0 Å². The van der Waals surface area contributed by atoms with Gasteiger partial charge in [-0.3, -0.25) is 0 Å². The quantitative estimate of drug-likeness (QED) is 0.521. The van der Waals surface area contributed by atoms with Crippen LogP contribution in [-0.4, -0.2) is 34.5 Å². The van der Waals surface area contributed by atoms with E-state index in [1.165, 1.54) is 0 Å². The Morgan fingerprint density at radius 3 is 3.12 bits per heavy atom. The van der Waals surface area contributed by atoms with Crippen LogP contribution in [0.1, 0.15) is 26.1 Å². The van der Waals surface area contributed by atoms with E-state index < -0.39 is 0 Å². The van der Waals surface area contributed by atoms with E-state index in [4.69, 9.17) is 4.74 Å². The molecule has 0 aromatic carbocycles. The molecule has 0 saturated heterocycles. The van der Waals surface area contributed by atoms with Crippen molar-refractivity contribution in [2.75, 3.05) is 19.8 Å². The summed E-state index contributed by atoms with van der Waals surface area (Å²) in [5, 5.41) is 7.45. The van der Waals surface area contributed by atoms with E-state index in [1.807, 2.05) is 11.6 Å². The third-order valence-corrected chi connectivity index (χ3v) is 2.19. The molecule has 17 heavy (non-hydrogen) atoms. The van der Waals surface area contributed by atoms with E-state index in [-0.39, 0.29) is 0 Å². The SMILES string of the molecule is C=C(C)COCCNCc1ncnn1CCC. The van der Waals surface area contributed by atoms with Gasteiger partial charge < -0.3 is 10.1 Å². The van der Waals surface area contributed by atoms with E-state index >= 15 is 0 Å². The highest BCUT2D eigenvalue weighted by atomic mass is 16.5. The summed E-state index contributed by atoms with van der Waals surface area (Å²) in [7, 11) is 0. The van der Waals surface area contributed by atoms with Gasteiger partial charge in [0.2, 0.25) is 0 Å². The average Bonchev–Trinajstić information content (AvgIpc) is 2.71. The molecule has 1 rings (SSSR count). The molecule has 0 bridgehead atoms. The van der Waals surface area contributed by atoms with Crippen LogP contribution < -0.4 is 5.32 Å². The Kier molecular flexibility index (Phi) is 6.50. The van der Waals surface area contributed by atoms with E-state index in [0.29, 0.717) is 13.2 Å². The molecule has 0 atom stereocenters. The lowest BCUT2D eigenvalue weighted by Gasteiger charge is -2.07. The van der Waals surface area contributed by atoms with Crippen molar-refractivity contribution in [3.8, 4) is 0 Å². The summed E-state index contributed by atoms with van der Waals surface area (Å²) in [6, 6.07) is 0. The van der Waals surface area contributed by atoms with Gasteiger partial charge in [-0.15, -0.1) is 0 Å². The first-order chi connectivity index (χ1) is 8.24. The minimum absolute atomic E-state index is 0.633. The van der Waals surface area contributed by atoms with Gasteiger partial charge in [0.05, 0.1) is 19.8 Å². The Bertz CT molecular complexity index is 335. The van der Waals surface area contributed by atoms with Gasteiger partial charge in [0.25, 0.3) is 0 Å². The van der Waals surface area contributed by atoms with E-state index in [9.17, 15) is 0 Å². The molecular formula is C12H22N4O. The molecule has 0 aliphatic rings. The molecule has 0 amide bonds. The molecule has 1 aromatic rings. The molecule has 0 fully saturated rings. The second kappa shape index (κ2) is 7.97. The lowest BCUT2D eigenvalue weighted by molar-refractivity contribution is 0.157. The smallest absolute Gasteiger partial charge is 0.140 e. The minimum atomic E-state index is 0.633. The van der Waals surface area contributed by atoms with Crippen LogP contribution in [0.2, 0.25) is 0 Å². The van der Waals surface area contributed by atoms with Crippen LogP contribution in [-0.2, 0) is 17.8 Å². The summed E-state index contributed by atoms with van der Waals surface area (Å²) in [6.45, 7) is 11.7. The third-order valence-electron chi connectivity index (χ3n) is 2.19. The van der Waals surface area contributed by atoms with Crippen LogP contribution in [0.15, 0.2) is 18.5 Å². The molecule has 1 N–H and O–H groups in total. The zero-order chi connectivity index (χ0) is 12.5. The summed E-state index contributed by atoms with van der Waals surface area (Å²) in [6.07, 6.45) is 2.67. The van der Waals surface area contributed by atoms with Crippen LogP contribution in [0.3, 0.4) is 0 Å². The van der Waals surface area contributed by atoms with Crippen molar-refractivity contribution in [2.24, 2.45) is 0 Å². The van der Waals surface area contributed by atoms with Crippen molar-refractivity contribution in [1.29, 1.82) is 0 Å². The fourth-order valence-corrected chi connectivity index (χ4v) is 1.41. The fraction of sp³-hybridized carbons (Fsp3) is 0.667. The highest BCUT2D eigenvalue weighted by molar-refractivity contribution is 4.87. The lowest BCUT2D eigenvalue weighted by atomic mass is 10.4. The predicted molar refractivity (Wildman–Crippen MR) is 67.7 cm³/mol. The van der Waals surface area contributed by atoms with Gasteiger partial charge in [0.15, 0.2) is 0 Å². The molecule has 0 aliphatic carbocycles. The normalized spacial score (nSPS) is 10.7. The van der Waals surface area contributed by atoms with Gasteiger partial charge in [-0.2, -0.15) is 5.10 Å². The first-order valence-corrected chi connectivity index (χ1v) is 6.03. The van der Waals surface area contributed by atoms with Gasteiger partial charge in [0.1, 0.15) is 12.2 Å². The van der Waals surface area contributed by atoms with Crippen molar-refractivity contribution in [1.82, 2.24) is 20.1 Å². The van der Waals surface area contributed by atoms with Gasteiger partial charge in [-0.05, 0) is 13.3 Å². The van der Waals surface area contributed by atoms with E-state index in [1.54, 1.807) is 6.33 Å². The molecule has 0 spiro atoms. The molecule has 0 radical (unpaired) electrons. The molecular weight excluding hydrogens is 216 g/mol. The number of nitrogens with one attached hydrogen (secondary N) is 1. The number of nitrogens with zero attached hydrogens (tertiary/aromatic N) is 3. The van der Waals surface area contributed by atoms with Crippen molar-refractivity contribution in [3.05, 3.63) is 24.3 Å². The maximum atomic E-state index is 5.39. The van der Waals surface area contributed by atoms with Crippen molar-refractivity contribution < 1.29 is 4.74 Å². The van der Waals surface area contributed by atoms with Crippen molar-refractivity contribution in [3.63, 3.8) is 0 Å². The standard InChI is InChI=1S/C12H22N4O/c1-4-6-16-12(14-10-15-16)8-13-5-7-17-9-11(2)3/h10,13H,2,4-9H2,1,3H3. The maximum Gasteiger partial charge on any atom is 0.140 e. The summed E-state index contributed by atoms with van der Waals surface area (Å²) in [5.41, 5.74) is 1.05. The molecule has 1 heterocycles. The minimum Gasteiger partial charge on any atom is -0.376 e. The molecule has 1 aromatic heterocycles. The second-order valence-corrected chi connectivity index (χ2v) is 4.09. The highest BCUT2D eigenvalue weighted by Gasteiger charge is 2.01. The highest BCUT2D eigenvalue weighted by Crippen LogP contribution is 1.95. The summed E-state index contributed by atoms with van der Waals surface area (Å²) in [4.78, 5) is 4.22. The summed E-state index contributed by atoms with van der Waals surface area (Å²) in [5.74, 6) is 0.978. The Labute approximate surface area is 103 Å². The average molecular weight is 238 g/mol. The molecule has 0 unspecified atom stereocenters. The third kappa shape index (κ3) is 5.60. The van der Waals surface area contributed by atoms with Gasteiger partial charge in [-0.25, -0.2) is 9.67 Å². The van der Waals surface area contributed by atoms with Gasteiger partial charge in [-0.1, -0.05) is 19.1 Å². The zero-order valence-electron chi connectivity index (χ0n) is 10.8. The number of hydrogen-bond donors (Lipinski definition) is 1. The van der Waals surface area contributed by atoms with E-state index in [2.05, 4.69) is 28.9 Å². The molecule has 96 valence electrons. The predicted octanol–water partition coefficient (Wildman–Crippen LogP) is 1.37.